The van der Waals surface area contributed by atoms with Crippen molar-refractivity contribution in [1.82, 2.24) is 4.98 Å². The van der Waals surface area contributed by atoms with Crippen molar-refractivity contribution >= 4 is 11.7 Å². The van der Waals surface area contributed by atoms with Crippen LogP contribution in [0, 0.1) is 16.7 Å². The van der Waals surface area contributed by atoms with Gasteiger partial charge in [-0.05, 0) is 25.0 Å². The van der Waals surface area contributed by atoms with Crippen LogP contribution in [-0.2, 0) is 4.79 Å². The standard InChI is InChI=1S/C11H11N3O/c1-14(9-4-2-3-7-13-9)10(15)11(8-12)5-6-11/h2-4,7H,5-6H2,1H3. The molecule has 0 saturated heterocycles. The predicted octanol–water partition coefficient (Wildman–Crippen LogP) is 1.35. The van der Waals surface area contributed by atoms with Gasteiger partial charge in [0.25, 0.3) is 0 Å². The maximum Gasteiger partial charge on any atom is 0.248 e. The number of hydrogen-bond acceptors (Lipinski definition) is 3. The number of aromatic nitrogens is 1. The van der Waals surface area contributed by atoms with Gasteiger partial charge in [0.1, 0.15) is 11.2 Å². The van der Waals surface area contributed by atoms with Crippen molar-refractivity contribution in [2.75, 3.05) is 11.9 Å². The summed E-state index contributed by atoms with van der Waals surface area (Å²) in [5.41, 5.74) is -0.772. The third kappa shape index (κ3) is 1.57. The van der Waals surface area contributed by atoms with E-state index in [-0.39, 0.29) is 5.91 Å². The summed E-state index contributed by atoms with van der Waals surface area (Å²) in [6, 6.07) is 7.45. The molecule has 0 N–H and O–H groups in total. The molecule has 0 radical (unpaired) electrons. The minimum Gasteiger partial charge on any atom is -0.299 e. The third-order valence-corrected chi connectivity index (χ3v) is 2.67. The van der Waals surface area contributed by atoms with Crippen molar-refractivity contribution in [3.05, 3.63) is 24.4 Å². The van der Waals surface area contributed by atoms with E-state index < -0.39 is 5.41 Å². The highest BCUT2D eigenvalue weighted by Crippen LogP contribution is 2.46. The molecule has 1 amide bonds. The zero-order valence-electron chi connectivity index (χ0n) is 8.47. The molecule has 0 bridgehead atoms. The van der Waals surface area contributed by atoms with E-state index in [9.17, 15) is 4.79 Å². The van der Waals surface area contributed by atoms with E-state index in [0.717, 1.165) is 0 Å². The van der Waals surface area contributed by atoms with Gasteiger partial charge in [-0.3, -0.25) is 9.69 Å². The van der Waals surface area contributed by atoms with Crippen LogP contribution in [-0.4, -0.2) is 17.9 Å². The van der Waals surface area contributed by atoms with Crippen molar-refractivity contribution in [1.29, 1.82) is 5.26 Å². The van der Waals surface area contributed by atoms with Crippen molar-refractivity contribution < 1.29 is 4.79 Å². The van der Waals surface area contributed by atoms with E-state index in [2.05, 4.69) is 11.1 Å². The summed E-state index contributed by atoms with van der Waals surface area (Å²) in [7, 11) is 1.65. The van der Waals surface area contributed by atoms with Crippen LogP contribution in [0.4, 0.5) is 5.82 Å². The average molecular weight is 201 g/mol. The summed E-state index contributed by atoms with van der Waals surface area (Å²) >= 11 is 0. The van der Waals surface area contributed by atoms with Crippen LogP contribution < -0.4 is 4.90 Å². The molecule has 15 heavy (non-hydrogen) atoms. The van der Waals surface area contributed by atoms with Gasteiger partial charge in [-0.2, -0.15) is 5.26 Å². The molecule has 76 valence electrons. The van der Waals surface area contributed by atoms with Crippen LogP contribution in [0.5, 0.6) is 0 Å². The Hall–Kier alpha value is -1.89. The molecule has 0 unspecified atom stereocenters. The fraction of sp³-hybridized carbons (Fsp3) is 0.364. The van der Waals surface area contributed by atoms with E-state index in [1.807, 2.05) is 6.07 Å². The van der Waals surface area contributed by atoms with Crippen molar-refractivity contribution in [2.45, 2.75) is 12.8 Å². The first-order valence-corrected chi connectivity index (χ1v) is 4.80. The Labute approximate surface area is 88.1 Å². The van der Waals surface area contributed by atoms with Gasteiger partial charge < -0.3 is 0 Å². The number of amides is 1. The molecular weight excluding hydrogens is 190 g/mol. The topological polar surface area (TPSA) is 57.0 Å². The Morgan fingerprint density at radius 2 is 2.33 bits per heavy atom. The SMILES string of the molecule is CN(C(=O)C1(C#N)CC1)c1ccccn1. The normalized spacial score (nSPS) is 16.5. The summed E-state index contributed by atoms with van der Waals surface area (Å²) in [5.74, 6) is 0.438. The maximum absolute atomic E-state index is 11.9. The Bertz CT molecular complexity index is 417. The largest absolute Gasteiger partial charge is 0.299 e. The second-order valence-electron chi connectivity index (χ2n) is 3.75. The molecule has 0 atom stereocenters. The monoisotopic (exact) mass is 201 g/mol. The van der Waals surface area contributed by atoms with Crippen molar-refractivity contribution in [3.8, 4) is 6.07 Å². The van der Waals surface area contributed by atoms with Crippen LogP contribution in [0.1, 0.15) is 12.8 Å². The number of carbonyl (C=O) groups excluding carboxylic acids is 1. The number of pyridine rings is 1. The van der Waals surface area contributed by atoms with E-state index >= 15 is 0 Å². The molecular formula is C11H11N3O. The third-order valence-electron chi connectivity index (χ3n) is 2.67. The Morgan fingerprint density at radius 3 is 2.80 bits per heavy atom. The van der Waals surface area contributed by atoms with E-state index in [0.29, 0.717) is 18.7 Å². The Balaban J connectivity index is 2.20. The van der Waals surface area contributed by atoms with Crippen LogP contribution in [0.15, 0.2) is 24.4 Å². The number of nitrogens with zero attached hydrogens (tertiary/aromatic N) is 3. The van der Waals surface area contributed by atoms with Gasteiger partial charge in [0.2, 0.25) is 5.91 Å². The molecule has 4 nitrogen and oxygen atoms in total. The number of rotatable bonds is 2. The first-order valence-electron chi connectivity index (χ1n) is 4.80. The zero-order valence-corrected chi connectivity index (χ0v) is 8.47. The molecule has 1 saturated carbocycles. The van der Waals surface area contributed by atoms with Crippen LogP contribution in [0.25, 0.3) is 0 Å². The lowest BCUT2D eigenvalue weighted by atomic mass is 10.1. The lowest BCUT2D eigenvalue weighted by Crippen LogP contribution is -2.33. The molecule has 1 aromatic rings. The minimum atomic E-state index is -0.772. The van der Waals surface area contributed by atoms with Gasteiger partial charge in [-0.25, -0.2) is 4.98 Å². The fourth-order valence-electron chi connectivity index (χ4n) is 1.48. The van der Waals surface area contributed by atoms with Gasteiger partial charge in [0.05, 0.1) is 6.07 Å². The molecule has 2 rings (SSSR count). The van der Waals surface area contributed by atoms with Crippen molar-refractivity contribution in [2.24, 2.45) is 5.41 Å². The highest BCUT2D eigenvalue weighted by atomic mass is 16.2. The molecule has 1 aliphatic rings. The van der Waals surface area contributed by atoms with E-state index in [1.165, 1.54) is 4.90 Å². The summed E-state index contributed by atoms with van der Waals surface area (Å²) in [6.45, 7) is 0. The second kappa shape index (κ2) is 3.35. The molecule has 0 aromatic carbocycles. The fourth-order valence-corrected chi connectivity index (χ4v) is 1.48. The highest BCUT2D eigenvalue weighted by molar-refractivity contribution is 6.00. The molecule has 1 fully saturated rings. The van der Waals surface area contributed by atoms with Crippen LogP contribution >= 0.6 is 0 Å². The summed E-state index contributed by atoms with van der Waals surface area (Å²) in [5, 5.41) is 8.90. The molecule has 0 spiro atoms. The minimum absolute atomic E-state index is 0.149. The second-order valence-corrected chi connectivity index (χ2v) is 3.75. The van der Waals surface area contributed by atoms with E-state index in [4.69, 9.17) is 5.26 Å². The quantitative estimate of drug-likeness (QED) is 0.725. The van der Waals surface area contributed by atoms with Gasteiger partial charge in [0.15, 0.2) is 0 Å². The maximum atomic E-state index is 11.9. The van der Waals surface area contributed by atoms with E-state index in [1.54, 1.807) is 25.4 Å². The molecule has 1 aromatic heterocycles. The molecule has 1 heterocycles. The predicted molar refractivity (Wildman–Crippen MR) is 54.9 cm³/mol. The first-order chi connectivity index (χ1) is 7.19. The van der Waals surface area contributed by atoms with Crippen molar-refractivity contribution in [3.63, 3.8) is 0 Å². The number of nitriles is 1. The Morgan fingerprint density at radius 1 is 1.60 bits per heavy atom. The summed E-state index contributed by atoms with van der Waals surface area (Å²) in [4.78, 5) is 17.4. The van der Waals surface area contributed by atoms with Crippen LogP contribution in [0.3, 0.4) is 0 Å². The molecule has 4 heteroatoms. The average Bonchev–Trinajstić information content (AvgIpc) is 3.09. The van der Waals surface area contributed by atoms with Gasteiger partial charge >= 0.3 is 0 Å². The van der Waals surface area contributed by atoms with Gasteiger partial charge in [-0.15, -0.1) is 0 Å². The molecule has 0 aliphatic heterocycles. The summed E-state index contributed by atoms with van der Waals surface area (Å²) < 4.78 is 0. The Kier molecular flexibility index (Phi) is 2.16. The molecule has 1 aliphatic carbocycles. The highest BCUT2D eigenvalue weighted by Gasteiger charge is 2.52. The first kappa shape index (κ1) is 9.66. The number of hydrogen-bond donors (Lipinski definition) is 0. The van der Waals surface area contributed by atoms with Crippen LogP contribution in [0.2, 0.25) is 0 Å². The lowest BCUT2D eigenvalue weighted by Gasteiger charge is -2.18. The number of carbonyl (C=O) groups is 1. The lowest BCUT2D eigenvalue weighted by molar-refractivity contribution is -0.121. The number of anilines is 1. The van der Waals surface area contributed by atoms with Gasteiger partial charge in [0, 0.05) is 13.2 Å². The summed E-state index contributed by atoms with van der Waals surface area (Å²) in [6.07, 6.45) is 2.96. The van der Waals surface area contributed by atoms with Gasteiger partial charge in [-0.1, -0.05) is 6.07 Å². The smallest absolute Gasteiger partial charge is 0.248 e. The zero-order chi connectivity index (χ0) is 10.9.